The van der Waals surface area contributed by atoms with Crippen molar-refractivity contribution in [1.29, 1.82) is 0 Å². The van der Waals surface area contributed by atoms with Crippen LogP contribution in [0.5, 0.6) is 5.75 Å². The Morgan fingerprint density at radius 2 is 1.85 bits per heavy atom. The van der Waals surface area contributed by atoms with Gasteiger partial charge in [-0.25, -0.2) is 4.79 Å². The zero-order chi connectivity index (χ0) is 18.3. The number of anilines is 1. The lowest BCUT2D eigenvalue weighted by molar-refractivity contribution is -0.134. The minimum Gasteiger partial charge on any atom is -0.492 e. The zero-order valence-corrected chi connectivity index (χ0v) is 14.2. The molecule has 2 aromatic rings. The van der Waals surface area contributed by atoms with E-state index >= 15 is 0 Å². The van der Waals surface area contributed by atoms with Crippen LogP contribution >= 0.6 is 11.6 Å². The number of nitrogens with one attached hydrogen (secondary N) is 2. The zero-order valence-electron chi connectivity index (χ0n) is 13.5. The van der Waals surface area contributed by atoms with Gasteiger partial charge in [-0.3, -0.25) is 14.9 Å². The van der Waals surface area contributed by atoms with E-state index in [0.29, 0.717) is 22.0 Å². The second-order valence-corrected chi connectivity index (χ2v) is 6.37. The Bertz CT molecular complexity index is 918. The van der Waals surface area contributed by atoms with Crippen molar-refractivity contribution in [2.75, 3.05) is 18.1 Å². The van der Waals surface area contributed by atoms with Gasteiger partial charge in [0.1, 0.15) is 12.4 Å². The van der Waals surface area contributed by atoms with Crippen LogP contribution in [0.3, 0.4) is 0 Å². The lowest BCUT2D eigenvalue weighted by Crippen LogP contribution is -2.52. The number of amides is 4. The number of carbonyl (C=O) groups is 3. The first-order chi connectivity index (χ1) is 12.5. The predicted octanol–water partition coefficient (Wildman–Crippen LogP) is 1.80. The topological polar surface area (TPSA) is 87.7 Å². The fourth-order valence-electron chi connectivity index (χ4n) is 3.26. The van der Waals surface area contributed by atoms with Crippen molar-refractivity contribution in [3.63, 3.8) is 0 Å². The van der Waals surface area contributed by atoms with Gasteiger partial charge in [-0.15, -0.1) is 0 Å². The number of urea groups is 1. The Kier molecular flexibility index (Phi) is 3.81. The summed E-state index contributed by atoms with van der Waals surface area (Å²) in [6.45, 7) is 0.441. The maximum absolute atomic E-state index is 13.0. The van der Waals surface area contributed by atoms with E-state index in [4.69, 9.17) is 16.3 Å². The van der Waals surface area contributed by atoms with Gasteiger partial charge in [0.2, 0.25) is 5.54 Å². The molecular weight excluding hydrogens is 358 g/mol. The minimum absolute atomic E-state index is 0.216. The molecule has 2 aliphatic rings. The van der Waals surface area contributed by atoms with E-state index in [-0.39, 0.29) is 13.2 Å². The molecule has 4 amide bonds. The summed E-state index contributed by atoms with van der Waals surface area (Å²) in [4.78, 5) is 38.6. The van der Waals surface area contributed by atoms with E-state index in [2.05, 4.69) is 10.6 Å². The van der Waals surface area contributed by atoms with Gasteiger partial charge in [-0.05, 0) is 30.3 Å². The number of carbonyl (C=O) groups excluding carboxylic acids is 3. The Morgan fingerprint density at radius 1 is 1.08 bits per heavy atom. The maximum Gasteiger partial charge on any atom is 0.323 e. The van der Waals surface area contributed by atoms with Crippen LogP contribution in [0.1, 0.15) is 5.56 Å². The first kappa shape index (κ1) is 16.4. The predicted molar refractivity (Wildman–Crippen MR) is 94.1 cm³/mol. The lowest BCUT2D eigenvalue weighted by atomic mass is 9.91. The number of fused-ring (bicyclic) bond motifs is 2. The molecule has 132 valence electrons. The highest BCUT2D eigenvalue weighted by atomic mass is 35.5. The molecule has 4 rings (SSSR count). The largest absolute Gasteiger partial charge is 0.492 e. The number of para-hydroxylation sites is 1. The first-order valence-electron chi connectivity index (χ1n) is 7.96. The van der Waals surface area contributed by atoms with Gasteiger partial charge >= 0.3 is 6.03 Å². The molecule has 1 atom stereocenters. The fourth-order valence-corrected chi connectivity index (χ4v) is 3.43. The lowest BCUT2D eigenvalue weighted by Gasteiger charge is -2.21. The van der Waals surface area contributed by atoms with Gasteiger partial charge in [-0.2, -0.15) is 0 Å². The molecule has 0 saturated carbocycles. The molecule has 8 heteroatoms. The Hall–Kier alpha value is -3.06. The molecule has 2 heterocycles. The summed E-state index contributed by atoms with van der Waals surface area (Å²) >= 11 is 6.05. The molecule has 0 aliphatic carbocycles. The van der Waals surface area contributed by atoms with Gasteiger partial charge < -0.3 is 15.0 Å². The molecule has 1 spiro atoms. The third kappa shape index (κ3) is 2.40. The quantitative estimate of drug-likeness (QED) is 0.633. The van der Waals surface area contributed by atoms with Gasteiger partial charge in [0, 0.05) is 10.6 Å². The summed E-state index contributed by atoms with van der Waals surface area (Å²) in [7, 11) is 0. The number of imide groups is 1. The molecule has 1 fully saturated rings. The van der Waals surface area contributed by atoms with Gasteiger partial charge in [0.15, 0.2) is 0 Å². The van der Waals surface area contributed by atoms with Crippen LogP contribution in [-0.2, 0) is 15.1 Å². The van der Waals surface area contributed by atoms with E-state index in [0.717, 1.165) is 0 Å². The third-order valence-corrected chi connectivity index (χ3v) is 4.65. The van der Waals surface area contributed by atoms with E-state index < -0.39 is 23.4 Å². The summed E-state index contributed by atoms with van der Waals surface area (Å²) in [5, 5.41) is 4.96. The van der Waals surface area contributed by atoms with E-state index in [1.807, 2.05) is 30.3 Å². The van der Waals surface area contributed by atoms with Crippen molar-refractivity contribution >= 4 is 35.1 Å². The summed E-state index contributed by atoms with van der Waals surface area (Å²) in [6, 6.07) is 13.3. The van der Waals surface area contributed by atoms with Crippen molar-refractivity contribution in [1.82, 2.24) is 10.6 Å². The number of hydrogen-bond donors (Lipinski definition) is 2. The van der Waals surface area contributed by atoms with Crippen LogP contribution < -0.4 is 20.3 Å². The Balaban J connectivity index is 1.64. The van der Waals surface area contributed by atoms with E-state index in [1.54, 1.807) is 12.1 Å². The molecule has 0 radical (unpaired) electrons. The summed E-state index contributed by atoms with van der Waals surface area (Å²) in [5.41, 5.74) is -0.893. The molecule has 2 aliphatic heterocycles. The molecular formula is C18H14ClN3O4. The Morgan fingerprint density at radius 3 is 2.54 bits per heavy atom. The van der Waals surface area contributed by atoms with E-state index in [1.165, 1.54) is 11.0 Å². The van der Waals surface area contributed by atoms with Crippen LogP contribution in [0.2, 0.25) is 5.02 Å². The number of halogens is 1. The second-order valence-electron chi connectivity index (χ2n) is 5.94. The number of rotatable bonds is 4. The van der Waals surface area contributed by atoms with Crippen LogP contribution in [0, 0.1) is 0 Å². The summed E-state index contributed by atoms with van der Waals surface area (Å²) in [5.74, 6) is -0.561. The highest BCUT2D eigenvalue weighted by molar-refractivity contribution is 6.32. The maximum atomic E-state index is 13.0. The summed E-state index contributed by atoms with van der Waals surface area (Å²) in [6.07, 6.45) is 0. The Labute approximate surface area is 153 Å². The molecule has 0 aromatic heterocycles. The molecule has 1 unspecified atom stereocenters. The standard InChI is InChI=1S/C18H14ClN3O4/c19-11-6-7-14-13(10-11)18(15(23)20-17(25)21-18)16(24)22(14)8-9-26-12-4-2-1-3-5-12/h1-7,10H,8-9H2,(H2,20,21,23,25). The highest BCUT2D eigenvalue weighted by Crippen LogP contribution is 2.43. The minimum atomic E-state index is -1.77. The van der Waals surface area contributed by atoms with Crippen molar-refractivity contribution in [3.8, 4) is 5.75 Å². The van der Waals surface area contributed by atoms with Crippen molar-refractivity contribution in [2.45, 2.75) is 5.54 Å². The SMILES string of the molecule is O=C1NC(=O)C2(N1)C(=O)N(CCOc1ccccc1)c1ccc(Cl)cc12. The number of hydrogen-bond acceptors (Lipinski definition) is 4. The van der Waals surface area contributed by atoms with Gasteiger partial charge in [0.25, 0.3) is 11.8 Å². The van der Waals surface area contributed by atoms with Crippen LogP contribution in [0.25, 0.3) is 0 Å². The third-order valence-electron chi connectivity index (χ3n) is 4.41. The highest BCUT2D eigenvalue weighted by Gasteiger charge is 2.61. The average Bonchev–Trinajstić information content (AvgIpc) is 3.05. The molecule has 1 saturated heterocycles. The smallest absolute Gasteiger partial charge is 0.323 e. The molecule has 2 N–H and O–H groups in total. The number of benzene rings is 2. The van der Waals surface area contributed by atoms with E-state index in [9.17, 15) is 14.4 Å². The number of ether oxygens (including phenoxy) is 1. The second kappa shape index (κ2) is 6.03. The van der Waals surface area contributed by atoms with Crippen LogP contribution in [0.15, 0.2) is 48.5 Å². The van der Waals surface area contributed by atoms with Crippen LogP contribution in [-0.4, -0.2) is 31.0 Å². The normalized spacial score (nSPS) is 21.0. The van der Waals surface area contributed by atoms with Crippen molar-refractivity contribution in [2.24, 2.45) is 0 Å². The summed E-state index contributed by atoms with van der Waals surface area (Å²) < 4.78 is 5.65. The van der Waals surface area contributed by atoms with Crippen molar-refractivity contribution in [3.05, 3.63) is 59.1 Å². The molecule has 0 bridgehead atoms. The molecule has 7 nitrogen and oxygen atoms in total. The first-order valence-corrected chi connectivity index (χ1v) is 8.33. The average molecular weight is 372 g/mol. The number of nitrogens with zero attached hydrogens (tertiary/aromatic N) is 1. The monoisotopic (exact) mass is 371 g/mol. The van der Waals surface area contributed by atoms with Gasteiger partial charge in [-0.1, -0.05) is 29.8 Å². The van der Waals surface area contributed by atoms with Crippen molar-refractivity contribution < 1.29 is 19.1 Å². The van der Waals surface area contributed by atoms with Crippen LogP contribution in [0.4, 0.5) is 10.5 Å². The molecule has 2 aromatic carbocycles. The molecule has 26 heavy (non-hydrogen) atoms. The van der Waals surface area contributed by atoms with Gasteiger partial charge in [0.05, 0.1) is 12.2 Å². The fraction of sp³-hybridized carbons (Fsp3) is 0.167.